The van der Waals surface area contributed by atoms with Gasteiger partial charge in [0.15, 0.2) is 0 Å². The lowest BCUT2D eigenvalue weighted by Crippen LogP contribution is -3.00. The average Bonchev–Trinajstić information content (AvgIpc) is 2.37. The predicted octanol–water partition coefficient (Wildman–Crippen LogP) is 2.23. The Balaban J connectivity index is 0. The number of halogens is 2. The Hall–Kier alpha value is 0.980. The Morgan fingerprint density at radius 3 is 1.63 bits per heavy atom. The maximum Gasteiger partial charge on any atom is 0.0796 e. The van der Waals surface area contributed by atoms with Crippen molar-refractivity contribution in [2.45, 2.75) is 71.6 Å². The molecule has 1 unspecified atom stereocenters. The van der Waals surface area contributed by atoms with Gasteiger partial charge in [-0.25, -0.2) is 0 Å². The molecule has 0 aliphatic rings. The maximum atomic E-state index is 5.86. The molecule has 0 saturated heterocycles. The molecule has 0 rings (SSSR count). The van der Waals surface area contributed by atoms with Crippen LogP contribution in [-0.2, 0) is 0 Å². The first-order valence-corrected chi connectivity index (χ1v) is 8.61. The zero-order valence-electron chi connectivity index (χ0n) is 13.4. The van der Waals surface area contributed by atoms with Crippen LogP contribution in [0.3, 0.4) is 0 Å². The molecule has 118 valence electrons. The van der Waals surface area contributed by atoms with Crippen LogP contribution in [0, 0.1) is 0 Å². The third-order valence-electron chi connectivity index (χ3n) is 3.93. The predicted molar refractivity (Wildman–Crippen MR) is 84.4 cm³/mol. The van der Waals surface area contributed by atoms with Crippen molar-refractivity contribution in [2.24, 2.45) is 0 Å². The fourth-order valence-corrected chi connectivity index (χ4v) is 2.74. The third kappa shape index (κ3) is 13.7. The Bertz CT molecular complexity index is 178. The van der Waals surface area contributed by atoms with E-state index in [1.807, 2.05) is 0 Å². The standard InChI is InChI=1S/C16H35ClN.HI/c1-4-6-8-9-11-15-18(3,16-12-13-17)14-10-7-5-2;/h4-16H2,1-3H3;1H/q+1;/p-1. The van der Waals surface area contributed by atoms with E-state index in [0.717, 1.165) is 5.88 Å². The van der Waals surface area contributed by atoms with E-state index in [0.29, 0.717) is 0 Å². The monoisotopic (exact) mass is 403 g/mol. The summed E-state index contributed by atoms with van der Waals surface area (Å²) in [5.41, 5.74) is 0. The van der Waals surface area contributed by atoms with Crippen LogP contribution in [0.2, 0.25) is 0 Å². The lowest BCUT2D eigenvalue weighted by Gasteiger charge is -2.35. The molecule has 0 spiro atoms. The minimum atomic E-state index is 0. The molecule has 0 radical (unpaired) electrons. The summed E-state index contributed by atoms with van der Waals surface area (Å²) in [6.07, 6.45) is 12.2. The zero-order valence-corrected chi connectivity index (χ0v) is 16.3. The largest absolute Gasteiger partial charge is 1.00 e. The molecule has 0 N–H and O–H groups in total. The molecular weight excluding hydrogens is 369 g/mol. The first-order valence-electron chi connectivity index (χ1n) is 8.08. The van der Waals surface area contributed by atoms with E-state index < -0.39 is 0 Å². The van der Waals surface area contributed by atoms with E-state index in [4.69, 9.17) is 11.6 Å². The van der Waals surface area contributed by atoms with Gasteiger partial charge in [-0.3, -0.25) is 0 Å². The normalized spacial score (nSPS) is 13.9. The number of nitrogens with zero attached hydrogens (tertiary/aromatic N) is 1. The Kier molecular flexibility index (Phi) is 18.0. The first kappa shape index (κ1) is 22.3. The van der Waals surface area contributed by atoms with Crippen molar-refractivity contribution in [1.82, 2.24) is 0 Å². The van der Waals surface area contributed by atoms with Crippen LogP contribution in [-0.4, -0.2) is 37.0 Å². The van der Waals surface area contributed by atoms with E-state index in [2.05, 4.69) is 20.9 Å². The molecule has 1 atom stereocenters. The van der Waals surface area contributed by atoms with Gasteiger partial charge in [-0.05, 0) is 25.7 Å². The van der Waals surface area contributed by atoms with Crippen molar-refractivity contribution >= 4 is 11.6 Å². The first-order chi connectivity index (χ1) is 8.68. The maximum absolute atomic E-state index is 5.86. The number of hydrogen-bond donors (Lipinski definition) is 0. The third-order valence-corrected chi connectivity index (χ3v) is 4.20. The molecule has 3 heteroatoms. The highest BCUT2D eigenvalue weighted by molar-refractivity contribution is 6.17. The number of rotatable bonds is 13. The topological polar surface area (TPSA) is 0 Å². The van der Waals surface area contributed by atoms with Gasteiger partial charge in [0.2, 0.25) is 0 Å². The van der Waals surface area contributed by atoms with E-state index in [9.17, 15) is 0 Å². The molecule has 0 fully saturated rings. The molecule has 0 aliphatic heterocycles. The molecule has 0 aliphatic carbocycles. The lowest BCUT2D eigenvalue weighted by molar-refractivity contribution is -0.910. The molecule has 0 heterocycles. The highest BCUT2D eigenvalue weighted by Gasteiger charge is 2.19. The van der Waals surface area contributed by atoms with Crippen LogP contribution in [0.15, 0.2) is 0 Å². The van der Waals surface area contributed by atoms with Crippen LogP contribution in [0.5, 0.6) is 0 Å². The Morgan fingerprint density at radius 2 is 1.11 bits per heavy atom. The Morgan fingerprint density at radius 1 is 0.684 bits per heavy atom. The SMILES string of the molecule is CCCCCCC[N+](C)(CCCCl)CCCCC.[I-]. The van der Waals surface area contributed by atoms with Gasteiger partial charge in [0.05, 0.1) is 26.7 Å². The van der Waals surface area contributed by atoms with E-state index in [1.165, 1.54) is 81.9 Å². The summed E-state index contributed by atoms with van der Waals surface area (Å²) >= 11 is 5.86. The fourth-order valence-electron chi connectivity index (χ4n) is 2.62. The lowest BCUT2D eigenvalue weighted by atomic mass is 10.1. The second-order valence-electron chi connectivity index (χ2n) is 5.95. The number of hydrogen-bond acceptors (Lipinski definition) is 0. The van der Waals surface area contributed by atoms with Gasteiger partial charge in [0, 0.05) is 12.3 Å². The summed E-state index contributed by atoms with van der Waals surface area (Å²) < 4.78 is 1.25. The van der Waals surface area contributed by atoms with Gasteiger partial charge in [-0.1, -0.05) is 39.5 Å². The molecule has 0 amide bonds. The van der Waals surface area contributed by atoms with Gasteiger partial charge in [0.25, 0.3) is 0 Å². The highest BCUT2D eigenvalue weighted by Crippen LogP contribution is 2.13. The molecule has 0 aromatic heterocycles. The number of quaternary nitrogens is 1. The number of alkyl halides is 1. The molecule has 0 aromatic rings. The molecule has 1 nitrogen and oxygen atoms in total. The summed E-state index contributed by atoms with van der Waals surface area (Å²) in [6, 6.07) is 0. The second kappa shape index (κ2) is 15.4. The van der Waals surface area contributed by atoms with Crippen molar-refractivity contribution in [3.8, 4) is 0 Å². The van der Waals surface area contributed by atoms with Crippen molar-refractivity contribution in [1.29, 1.82) is 0 Å². The molecule has 19 heavy (non-hydrogen) atoms. The van der Waals surface area contributed by atoms with Crippen molar-refractivity contribution < 1.29 is 28.5 Å². The van der Waals surface area contributed by atoms with Crippen LogP contribution >= 0.6 is 11.6 Å². The zero-order chi connectivity index (χ0) is 13.7. The van der Waals surface area contributed by atoms with Crippen molar-refractivity contribution in [3.63, 3.8) is 0 Å². The van der Waals surface area contributed by atoms with Crippen LogP contribution in [0.1, 0.15) is 71.6 Å². The quantitative estimate of drug-likeness (QED) is 0.191. The summed E-state index contributed by atoms with van der Waals surface area (Å²) in [7, 11) is 2.43. The molecule has 0 saturated carbocycles. The number of unbranched alkanes of at least 4 members (excludes halogenated alkanes) is 6. The summed E-state index contributed by atoms with van der Waals surface area (Å²) in [4.78, 5) is 0. The molecule has 0 bridgehead atoms. The van der Waals surface area contributed by atoms with Crippen LogP contribution in [0.25, 0.3) is 0 Å². The van der Waals surface area contributed by atoms with E-state index in [-0.39, 0.29) is 24.0 Å². The fraction of sp³-hybridized carbons (Fsp3) is 1.00. The molecular formula is C16H35ClIN. The summed E-state index contributed by atoms with van der Waals surface area (Å²) in [6.45, 7) is 8.53. The van der Waals surface area contributed by atoms with Gasteiger partial charge >= 0.3 is 0 Å². The Labute approximate surface area is 144 Å². The van der Waals surface area contributed by atoms with Crippen molar-refractivity contribution in [2.75, 3.05) is 32.6 Å². The van der Waals surface area contributed by atoms with Crippen molar-refractivity contribution in [3.05, 3.63) is 0 Å². The second-order valence-corrected chi connectivity index (χ2v) is 6.33. The molecule has 0 aromatic carbocycles. The van der Waals surface area contributed by atoms with Gasteiger partial charge < -0.3 is 28.5 Å². The summed E-state index contributed by atoms with van der Waals surface area (Å²) in [5, 5.41) is 0. The van der Waals surface area contributed by atoms with E-state index in [1.54, 1.807) is 0 Å². The summed E-state index contributed by atoms with van der Waals surface area (Å²) in [5.74, 6) is 0.817. The highest BCUT2D eigenvalue weighted by atomic mass is 127. The van der Waals surface area contributed by atoms with E-state index >= 15 is 0 Å². The smallest absolute Gasteiger partial charge is 0.0796 e. The van der Waals surface area contributed by atoms with Gasteiger partial charge in [-0.2, -0.15) is 0 Å². The van der Waals surface area contributed by atoms with Gasteiger partial charge in [-0.15, -0.1) is 11.6 Å². The average molecular weight is 404 g/mol. The minimum absolute atomic E-state index is 0. The minimum Gasteiger partial charge on any atom is -1.00 e. The van der Waals surface area contributed by atoms with Crippen LogP contribution in [0.4, 0.5) is 0 Å². The van der Waals surface area contributed by atoms with Gasteiger partial charge in [0.1, 0.15) is 0 Å². The van der Waals surface area contributed by atoms with Crippen LogP contribution < -0.4 is 24.0 Å².